The van der Waals surface area contributed by atoms with Crippen LogP contribution in [0, 0.1) is 3.70 Å². The van der Waals surface area contributed by atoms with Crippen molar-refractivity contribution < 1.29 is 19.1 Å². The smallest absolute Gasteiger partial charge is 0.407 e. The number of rotatable bonds is 9. The first kappa shape index (κ1) is 30.8. The van der Waals surface area contributed by atoms with Crippen LogP contribution in [0.1, 0.15) is 62.4 Å². The number of nitrogens with one attached hydrogen (secondary N) is 3. The summed E-state index contributed by atoms with van der Waals surface area (Å²) in [5.41, 5.74) is 3.45. The molecule has 43 heavy (non-hydrogen) atoms. The maximum atomic E-state index is 13.6. The van der Waals surface area contributed by atoms with E-state index >= 15 is 0 Å². The number of benzene rings is 1. The molecular formula is C31H38IN7O4. The molecule has 0 aliphatic heterocycles. The number of carbonyl (C=O) groups excluding carboxylic acids is 2. The summed E-state index contributed by atoms with van der Waals surface area (Å²) >= 11 is 2.26. The average molecular weight is 700 g/mol. The zero-order valence-electron chi connectivity index (χ0n) is 24.9. The van der Waals surface area contributed by atoms with Gasteiger partial charge in [-0.1, -0.05) is 12.1 Å². The first-order chi connectivity index (χ1) is 20.6. The van der Waals surface area contributed by atoms with Crippen molar-refractivity contribution in [1.82, 2.24) is 29.7 Å². The number of carbonyl (C=O) groups is 2. The maximum absolute atomic E-state index is 13.6. The minimum atomic E-state index is -0.534. The van der Waals surface area contributed by atoms with E-state index in [1.807, 2.05) is 66.4 Å². The Hall–Kier alpha value is -3.65. The van der Waals surface area contributed by atoms with E-state index in [2.05, 4.69) is 48.5 Å². The number of imidazole rings is 1. The first-order valence-electron chi connectivity index (χ1n) is 14.4. The van der Waals surface area contributed by atoms with Gasteiger partial charge >= 0.3 is 6.09 Å². The number of ether oxygens (including phenoxy) is 2. The molecule has 1 fully saturated rings. The number of fused-ring (bicyclic) bond motifs is 1. The summed E-state index contributed by atoms with van der Waals surface area (Å²) in [5.74, 6) is -0.203. The second kappa shape index (κ2) is 13.3. The number of methoxy groups -OCH3 is 1. The van der Waals surface area contributed by atoms with Gasteiger partial charge in [0.25, 0.3) is 5.91 Å². The van der Waals surface area contributed by atoms with Gasteiger partial charge in [0.15, 0.2) is 0 Å². The Labute approximate surface area is 264 Å². The van der Waals surface area contributed by atoms with Gasteiger partial charge in [0.05, 0.1) is 21.3 Å². The summed E-state index contributed by atoms with van der Waals surface area (Å²) in [7, 11) is 1.65. The van der Waals surface area contributed by atoms with E-state index in [1.54, 1.807) is 25.8 Å². The fourth-order valence-electron chi connectivity index (χ4n) is 5.28. The highest BCUT2D eigenvalue weighted by Crippen LogP contribution is 2.33. The Morgan fingerprint density at radius 1 is 1.09 bits per heavy atom. The molecule has 0 spiro atoms. The molecule has 2 amide bonds. The number of hydrogen-bond donors (Lipinski definition) is 3. The molecule has 3 aromatic heterocycles. The fraction of sp³-hybridized carbons (Fsp3) is 0.419. The molecule has 1 aliphatic rings. The van der Waals surface area contributed by atoms with E-state index in [0.29, 0.717) is 18.8 Å². The second-order valence-electron chi connectivity index (χ2n) is 11.8. The molecule has 0 saturated heterocycles. The minimum Gasteiger partial charge on any atom is -0.444 e. The molecule has 228 valence electrons. The SMILES string of the molecule is COCn1c(I)cc2c(NC3CCC(NC(=O)OC(C)(C)C)CC3)c(C(=O)NCc3ccc(-n4ccnc4)cc3)cnc21. The molecule has 11 nitrogen and oxygen atoms in total. The lowest BCUT2D eigenvalue weighted by Crippen LogP contribution is -2.42. The maximum Gasteiger partial charge on any atom is 0.407 e. The lowest BCUT2D eigenvalue weighted by Gasteiger charge is -2.31. The molecular weight excluding hydrogens is 661 g/mol. The van der Waals surface area contributed by atoms with Crippen molar-refractivity contribution in [1.29, 1.82) is 0 Å². The van der Waals surface area contributed by atoms with E-state index in [0.717, 1.165) is 57.4 Å². The Morgan fingerprint density at radius 3 is 2.47 bits per heavy atom. The van der Waals surface area contributed by atoms with E-state index in [-0.39, 0.29) is 24.1 Å². The molecule has 4 aromatic rings. The molecule has 0 radical (unpaired) electrons. The average Bonchev–Trinajstić information content (AvgIpc) is 3.61. The predicted octanol–water partition coefficient (Wildman–Crippen LogP) is 5.61. The molecule has 3 heterocycles. The Morgan fingerprint density at radius 2 is 1.81 bits per heavy atom. The third-order valence-electron chi connectivity index (χ3n) is 7.36. The molecule has 0 unspecified atom stereocenters. The van der Waals surface area contributed by atoms with Gasteiger partial charge in [0.2, 0.25) is 0 Å². The molecule has 0 atom stereocenters. The van der Waals surface area contributed by atoms with E-state index in [4.69, 9.17) is 9.47 Å². The molecule has 1 saturated carbocycles. The van der Waals surface area contributed by atoms with Crippen molar-refractivity contribution in [3.05, 3.63) is 70.1 Å². The van der Waals surface area contributed by atoms with Crippen molar-refractivity contribution in [2.45, 2.75) is 77.4 Å². The largest absolute Gasteiger partial charge is 0.444 e. The number of anilines is 1. The van der Waals surface area contributed by atoms with Crippen LogP contribution in [0.15, 0.2) is 55.2 Å². The number of amides is 2. The zero-order chi connectivity index (χ0) is 30.6. The highest BCUT2D eigenvalue weighted by molar-refractivity contribution is 14.1. The van der Waals surface area contributed by atoms with Crippen molar-refractivity contribution >= 4 is 51.3 Å². The Bertz CT molecular complexity index is 1550. The topological polar surface area (TPSA) is 124 Å². The number of hydrogen-bond acceptors (Lipinski definition) is 7. The summed E-state index contributed by atoms with van der Waals surface area (Å²) in [4.78, 5) is 34.6. The van der Waals surface area contributed by atoms with Crippen LogP contribution in [0.4, 0.5) is 10.5 Å². The van der Waals surface area contributed by atoms with Gasteiger partial charge < -0.3 is 30.0 Å². The summed E-state index contributed by atoms with van der Waals surface area (Å²) in [5, 5.41) is 10.6. The number of nitrogens with zero attached hydrogens (tertiary/aromatic N) is 4. The normalized spacial score (nSPS) is 17.0. The summed E-state index contributed by atoms with van der Waals surface area (Å²) in [6.07, 6.45) is 9.92. The van der Waals surface area contributed by atoms with Gasteiger partial charge in [0, 0.05) is 55.4 Å². The van der Waals surface area contributed by atoms with Crippen LogP contribution in [0.2, 0.25) is 0 Å². The summed E-state index contributed by atoms with van der Waals surface area (Å²) < 4.78 is 15.7. The predicted molar refractivity (Wildman–Crippen MR) is 173 cm³/mol. The minimum absolute atomic E-state index is 0.0528. The van der Waals surface area contributed by atoms with E-state index in [1.165, 1.54) is 0 Å². The fourth-order valence-corrected chi connectivity index (χ4v) is 5.96. The van der Waals surface area contributed by atoms with Crippen LogP contribution in [0.3, 0.4) is 0 Å². The molecule has 5 rings (SSSR count). The molecule has 1 aliphatic carbocycles. The highest BCUT2D eigenvalue weighted by atomic mass is 127. The molecule has 0 bridgehead atoms. The molecule has 1 aromatic carbocycles. The molecule has 3 N–H and O–H groups in total. The summed E-state index contributed by atoms with van der Waals surface area (Å²) in [6, 6.07) is 10.2. The van der Waals surface area contributed by atoms with Gasteiger partial charge in [0.1, 0.15) is 18.0 Å². The summed E-state index contributed by atoms with van der Waals surface area (Å²) in [6.45, 7) is 6.31. The van der Waals surface area contributed by atoms with Crippen LogP contribution in [0.5, 0.6) is 0 Å². The van der Waals surface area contributed by atoms with Gasteiger partial charge in [-0.15, -0.1) is 0 Å². The van der Waals surface area contributed by atoms with Crippen molar-refractivity contribution in [2.75, 3.05) is 12.4 Å². The van der Waals surface area contributed by atoms with Gasteiger partial charge in [-0.25, -0.2) is 14.8 Å². The third kappa shape index (κ3) is 7.66. The van der Waals surface area contributed by atoms with E-state index < -0.39 is 5.60 Å². The number of pyridine rings is 1. The van der Waals surface area contributed by atoms with Crippen molar-refractivity contribution in [3.8, 4) is 5.69 Å². The van der Waals surface area contributed by atoms with E-state index in [9.17, 15) is 9.59 Å². The first-order valence-corrected chi connectivity index (χ1v) is 15.5. The number of alkyl carbamates (subject to hydrolysis) is 1. The van der Waals surface area contributed by atoms with Crippen LogP contribution >= 0.6 is 22.6 Å². The van der Waals surface area contributed by atoms with Crippen LogP contribution in [-0.4, -0.2) is 55.9 Å². The van der Waals surface area contributed by atoms with Gasteiger partial charge in [-0.05, 0) is 92.8 Å². The van der Waals surface area contributed by atoms with Crippen LogP contribution < -0.4 is 16.0 Å². The Kier molecular flexibility index (Phi) is 9.55. The zero-order valence-corrected chi connectivity index (χ0v) is 27.1. The Balaban J connectivity index is 1.31. The lowest BCUT2D eigenvalue weighted by molar-refractivity contribution is 0.0492. The van der Waals surface area contributed by atoms with Gasteiger partial charge in [-0.3, -0.25) is 9.36 Å². The number of aromatic nitrogens is 4. The van der Waals surface area contributed by atoms with Gasteiger partial charge in [-0.2, -0.15) is 0 Å². The quantitative estimate of drug-likeness (QED) is 0.194. The monoisotopic (exact) mass is 699 g/mol. The van der Waals surface area contributed by atoms with Crippen molar-refractivity contribution in [2.24, 2.45) is 0 Å². The molecule has 12 heteroatoms. The van der Waals surface area contributed by atoms with Crippen LogP contribution in [0.25, 0.3) is 16.7 Å². The standard InChI is InChI=1S/C31H38IN7O4/c1-31(2,3)43-30(41)37-22-9-7-21(8-10-22)36-27-24-15-26(32)39(19-42-4)28(24)34-17-25(27)29(40)35-16-20-5-11-23(12-6-20)38-14-13-33-18-38/h5-6,11-15,17-18,21-22H,7-10,16,19H2,1-4H3,(H,34,36)(H,35,40)(H,37,41). The lowest BCUT2D eigenvalue weighted by atomic mass is 9.91. The van der Waals surface area contributed by atoms with Crippen LogP contribution in [-0.2, 0) is 22.7 Å². The number of halogens is 1. The highest BCUT2D eigenvalue weighted by Gasteiger charge is 2.27. The van der Waals surface area contributed by atoms with Crippen molar-refractivity contribution in [3.63, 3.8) is 0 Å². The second-order valence-corrected chi connectivity index (χ2v) is 12.9. The third-order valence-corrected chi connectivity index (χ3v) is 8.26.